The van der Waals surface area contributed by atoms with Crippen LogP contribution in [0.5, 0.6) is 0 Å². The standard InChI is InChI=1S/C31H49N5O7/c1-11-14-32-26(39)23(37)19(13-3)33-25(38)22-20-18(31(20,9)10)16-36(22)27(40)24(30(6,7)8)35-29(42)34-21(17(4)5)28(41)43-15-12-2/h11-12,17-22,24H,1-2,13-16H2,3-10H3,(H,32,39)(H,33,38)(H2,34,35,42)/t18-,19?,20-,21-,22-,24+/m0/s1. The number of hydrogen-bond acceptors (Lipinski definition) is 7. The summed E-state index contributed by atoms with van der Waals surface area (Å²) in [4.78, 5) is 79.9. The van der Waals surface area contributed by atoms with Gasteiger partial charge in [-0.25, -0.2) is 9.59 Å². The molecule has 0 bridgehead atoms. The third kappa shape index (κ3) is 8.23. The van der Waals surface area contributed by atoms with Crippen molar-refractivity contribution in [2.45, 2.75) is 86.0 Å². The Balaban J connectivity index is 2.28. The molecule has 0 radical (unpaired) electrons. The van der Waals surface area contributed by atoms with Gasteiger partial charge in [0.05, 0.1) is 6.04 Å². The fraction of sp³-hybridized carbons (Fsp3) is 0.677. The molecule has 12 nitrogen and oxygen atoms in total. The number of carbonyl (C=O) groups excluding carboxylic acids is 6. The molecule has 6 atom stereocenters. The molecule has 0 aromatic rings. The number of nitrogens with zero attached hydrogens (tertiary/aromatic N) is 1. The maximum Gasteiger partial charge on any atom is 0.329 e. The Morgan fingerprint density at radius 1 is 1.02 bits per heavy atom. The number of hydrogen-bond donors (Lipinski definition) is 4. The van der Waals surface area contributed by atoms with Crippen molar-refractivity contribution >= 4 is 35.5 Å². The third-order valence-electron chi connectivity index (χ3n) is 8.37. The van der Waals surface area contributed by atoms with E-state index in [1.807, 2.05) is 13.8 Å². The zero-order chi connectivity index (χ0) is 32.9. The molecule has 240 valence electrons. The molecule has 1 heterocycles. The average Bonchev–Trinajstić information content (AvgIpc) is 3.24. The molecule has 1 saturated carbocycles. The monoisotopic (exact) mass is 603 g/mol. The summed E-state index contributed by atoms with van der Waals surface area (Å²) in [6, 6.07) is -4.69. The van der Waals surface area contributed by atoms with Crippen LogP contribution in [0.15, 0.2) is 25.3 Å². The van der Waals surface area contributed by atoms with Crippen molar-refractivity contribution in [2.75, 3.05) is 19.7 Å². The van der Waals surface area contributed by atoms with E-state index in [0.717, 1.165) is 0 Å². The first kappa shape index (κ1) is 35.5. The van der Waals surface area contributed by atoms with E-state index in [0.29, 0.717) is 6.54 Å². The van der Waals surface area contributed by atoms with E-state index in [4.69, 9.17) is 4.74 Å². The van der Waals surface area contributed by atoms with Gasteiger partial charge < -0.3 is 30.9 Å². The lowest BCUT2D eigenvalue weighted by Crippen LogP contribution is -2.62. The van der Waals surface area contributed by atoms with E-state index in [2.05, 4.69) is 34.4 Å². The SMILES string of the molecule is C=CCNC(=O)C(=O)C(CC)NC(=O)[C@@H]1[C@@H]2[C@H](CN1C(=O)[C@@H](NC(=O)N[C@H](C(=O)OCC=C)C(C)C)C(C)(C)C)C2(C)C. The smallest absolute Gasteiger partial charge is 0.329 e. The number of likely N-dealkylation sites (tertiary alicyclic amines) is 1. The van der Waals surface area contributed by atoms with E-state index in [-0.39, 0.29) is 42.7 Å². The summed E-state index contributed by atoms with van der Waals surface area (Å²) >= 11 is 0. The Bertz CT molecular complexity index is 1130. The van der Waals surface area contributed by atoms with Gasteiger partial charge in [0.25, 0.3) is 5.91 Å². The number of amides is 5. The van der Waals surface area contributed by atoms with Crippen molar-refractivity contribution in [3.8, 4) is 0 Å². The van der Waals surface area contributed by atoms with Crippen molar-refractivity contribution in [2.24, 2.45) is 28.6 Å². The van der Waals surface area contributed by atoms with E-state index in [1.165, 1.54) is 17.1 Å². The lowest BCUT2D eigenvalue weighted by Gasteiger charge is -2.38. The van der Waals surface area contributed by atoms with E-state index in [9.17, 15) is 28.8 Å². The highest BCUT2D eigenvalue weighted by molar-refractivity contribution is 6.38. The summed E-state index contributed by atoms with van der Waals surface area (Å²) in [5.74, 6) is -3.60. The molecule has 1 aliphatic carbocycles. The molecule has 12 heteroatoms. The number of piperidine rings is 1. The molecule has 4 N–H and O–H groups in total. The maximum atomic E-state index is 14.1. The van der Waals surface area contributed by atoms with Crippen LogP contribution in [0.4, 0.5) is 4.79 Å². The number of rotatable bonds is 14. The molecule has 5 amide bonds. The Kier molecular flexibility index (Phi) is 11.7. The first-order valence-electron chi connectivity index (χ1n) is 14.8. The van der Waals surface area contributed by atoms with Gasteiger partial charge in [0.15, 0.2) is 0 Å². The number of fused-ring (bicyclic) bond motifs is 1. The van der Waals surface area contributed by atoms with Gasteiger partial charge in [-0.3, -0.25) is 19.2 Å². The molecule has 0 aromatic carbocycles. The number of Topliss-reactive ketones (excluding diaryl/α,β-unsaturated/α-hetero) is 1. The second kappa shape index (κ2) is 14.2. The van der Waals surface area contributed by atoms with Gasteiger partial charge in [0, 0.05) is 13.1 Å². The van der Waals surface area contributed by atoms with Crippen LogP contribution in [-0.4, -0.2) is 84.3 Å². The van der Waals surface area contributed by atoms with Crippen LogP contribution >= 0.6 is 0 Å². The van der Waals surface area contributed by atoms with Crippen molar-refractivity contribution in [1.29, 1.82) is 0 Å². The van der Waals surface area contributed by atoms with Crippen LogP contribution in [0.2, 0.25) is 0 Å². The minimum Gasteiger partial charge on any atom is -0.460 e. The molecular weight excluding hydrogens is 554 g/mol. The van der Waals surface area contributed by atoms with Crippen LogP contribution in [0, 0.1) is 28.6 Å². The molecule has 0 aromatic heterocycles. The summed E-state index contributed by atoms with van der Waals surface area (Å²) in [5.41, 5.74) is -0.969. The summed E-state index contributed by atoms with van der Waals surface area (Å²) < 4.78 is 5.11. The molecule has 1 saturated heterocycles. The van der Waals surface area contributed by atoms with Gasteiger partial charge >= 0.3 is 12.0 Å². The number of urea groups is 1. The number of carbonyl (C=O) groups is 6. The van der Waals surface area contributed by atoms with Crippen molar-refractivity contribution in [3.63, 3.8) is 0 Å². The minimum atomic E-state index is -1.06. The summed E-state index contributed by atoms with van der Waals surface area (Å²) in [7, 11) is 0. The van der Waals surface area contributed by atoms with Gasteiger partial charge in [-0.1, -0.05) is 74.1 Å². The Hall–Kier alpha value is -3.70. The first-order valence-corrected chi connectivity index (χ1v) is 14.8. The molecule has 1 aliphatic heterocycles. The lowest BCUT2D eigenvalue weighted by molar-refractivity contribution is -0.145. The van der Waals surface area contributed by atoms with Gasteiger partial charge in [-0.05, 0) is 35.0 Å². The van der Waals surface area contributed by atoms with E-state index in [1.54, 1.807) is 41.5 Å². The Morgan fingerprint density at radius 3 is 2.16 bits per heavy atom. The zero-order valence-electron chi connectivity index (χ0n) is 26.7. The largest absolute Gasteiger partial charge is 0.460 e. The van der Waals surface area contributed by atoms with E-state index >= 15 is 0 Å². The minimum absolute atomic E-state index is 0.00443. The highest BCUT2D eigenvalue weighted by Gasteiger charge is 2.69. The number of ether oxygens (including phenoxy) is 1. The van der Waals surface area contributed by atoms with Gasteiger partial charge in [-0.2, -0.15) is 0 Å². The topological polar surface area (TPSA) is 163 Å². The maximum absolute atomic E-state index is 14.1. The predicted molar refractivity (Wildman–Crippen MR) is 161 cm³/mol. The number of nitrogens with one attached hydrogen (secondary N) is 4. The third-order valence-corrected chi connectivity index (χ3v) is 8.37. The van der Waals surface area contributed by atoms with Crippen molar-refractivity contribution in [1.82, 2.24) is 26.2 Å². The normalized spacial score (nSPS) is 22.3. The second-order valence-corrected chi connectivity index (χ2v) is 13.3. The molecule has 43 heavy (non-hydrogen) atoms. The second-order valence-electron chi connectivity index (χ2n) is 13.3. The molecular formula is C31H49N5O7. The van der Waals surface area contributed by atoms with Crippen LogP contribution in [0.25, 0.3) is 0 Å². The van der Waals surface area contributed by atoms with Crippen molar-refractivity contribution in [3.05, 3.63) is 25.3 Å². The van der Waals surface area contributed by atoms with Crippen molar-refractivity contribution < 1.29 is 33.5 Å². The fourth-order valence-electron chi connectivity index (χ4n) is 5.69. The molecule has 2 aliphatic rings. The number of esters is 1. The van der Waals surface area contributed by atoms with Crippen LogP contribution in [-0.2, 0) is 28.7 Å². The quantitative estimate of drug-likeness (QED) is 0.133. The molecule has 1 unspecified atom stereocenters. The first-order chi connectivity index (χ1) is 19.9. The van der Waals surface area contributed by atoms with Crippen LogP contribution in [0.1, 0.15) is 61.8 Å². The molecule has 2 fully saturated rings. The molecule has 0 spiro atoms. The summed E-state index contributed by atoms with van der Waals surface area (Å²) in [6.07, 6.45) is 3.05. The summed E-state index contributed by atoms with van der Waals surface area (Å²) in [5, 5.41) is 10.5. The zero-order valence-corrected chi connectivity index (χ0v) is 26.7. The van der Waals surface area contributed by atoms with Gasteiger partial charge in [-0.15, -0.1) is 6.58 Å². The number of ketones is 1. The Labute approximate surface area is 254 Å². The van der Waals surface area contributed by atoms with Crippen LogP contribution < -0.4 is 21.3 Å². The lowest BCUT2D eigenvalue weighted by atomic mass is 9.85. The summed E-state index contributed by atoms with van der Waals surface area (Å²) in [6.45, 7) is 22.1. The fourth-order valence-corrected chi connectivity index (χ4v) is 5.69. The molecule has 2 rings (SSSR count). The van der Waals surface area contributed by atoms with Crippen LogP contribution in [0.3, 0.4) is 0 Å². The Morgan fingerprint density at radius 2 is 1.65 bits per heavy atom. The average molecular weight is 604 g/mol. The van der Waals surface area contributed by atoms with Gasteiger partial charge in [0.2, 0.25) is 17.6 Å². The highest BCUT2D eigenvalue weighted by atomic mass is 16.5. The van der Waals surface area contributed by atoms with E-state index < -0.39 is 65.1 Å². The predicted octanol–water partition coefficient (Wildman–Crippen LogP) is 1.70. The highest BCUT2D eigenvalue weighted by Crippen LogP contribution is 2.65. The van der Waals surface area contributed by atoms with Gasteiger partial charge in [0.1, 0.15) is 24.7 Å².